The molecule has 0 bridgehead atoms. The summed E-state index contributed by atoms with van der Waals surface area (Å²) < 4.78 is 1.22. The molecule has 0 aliphatic heterocycles. The summed E-state index contributed by atoms with van der Waals surface area (Å²) in [5.74, 6) is 0. The van der Waals surface area contributed by atoms with Gasteiger partial charge in [0.2, 0.25) is 0 Å². The molecule has 2 N–H and O–H groups in total. The molecule has 0 atom stereocenters. The minimum Gasteiger partial charge on any atom is -0.423 e. The molecular formula is C8H5BCl2O2S. The van der Waals surface area contributed by atoms with E-state index in [1.165, 1.54) is 11.3 Å². The normalized spacial score (nSPS) is 10.9. The standard InChI is InChI=1S/C8H5BCl2O2S/c10-5-1-2-6(11)8-4(5)3-7(14-8)9(12)13/h1-3,12-13H. The van der Waals surface area contributed by atoms with Crippen LogP contribution < -0.4 is 4.78 Å². The molecule has 2 aromatic rings. The van der Waals surface area contributed by atoms with Crippen LogP contribution >= 0.6 is 34.5 Å². The summed E-state index contributed by atoms with van der Waals surface area (Å²) in [4.78, 5) is 0. The van der Waals surface area contributed by atoms with Crippen molar-refractivity contribution in [3.8, 4) is 0 Å². The summed E-state index contributed by atoms with van der Waals surface area (Å²) in [7, 11) is -1.47. The molecule has 14 heavy (non-hydrogen) atoms. The minimum absolute atomic E-state index is 0.440. The van der Waals surface area contributed by atoms with E-state index in [-0.39, 0.29) is 0 Å². The topological polar surface area (TPSA) is 40.5 Å². The number of benzene rings is 1. The van der Waals surface area contributed by atoms with E-state index in [4.69, 9.17) is 33.2 Å². The Morgan fingerprint density at radius 1 is 1.14 bits per heavy atom. The van der Waals surface area contributed by atoms with E-state index in [1.807, 2.05) is 0 Å². The van der Waals surface area contributed by atoms with E-state index in [1.54, 1.807) is 18.2 Å². The zero-order valence-corrected chi connectivity index (χ0v) is 9.20. The van der Waals surface area contributed by atoms with Crippen molar-refractivity contribution in [3.63, 3.8) is 0 Å². The summed E-state index contributed by atoms with van der Waals surface area (Å²) in [6.07, 6.45) is 0. The summed E-state index contributed by atoms with van der Waals surface area (Å²) >= 11 is 13.1. The molecule has 1 heterocycles. The van der Waals surface area contributed by atoms with Crippen molar-refractivity contribution >= 4 is 56.5 Å². The molecule has 1 aromatic carbocycles. The van der Waals surface area contributed by atoms with E-state index in [0.29, 0.717) is 14.8 Å². The fraction of sp³-hybridized carbons (Fsp3) is 0. The molecule has 1 aromatic heterocycles. The largest absolute Gasteiger partial charge is 0.499 e. The van der Waals surface area contributed by atoms with Gasteiger partial charge >= 0.3 is 7.12 Å². The van der Waals surface area contributed by atoms with Crippen LogP contribution in [0.2, 0.25) is 10.0 Å². The molecule has 6 heteroatoms. The van der Waals surface area contributed by atoms with Crippen molar-refractivity contribution in [2.75, 3.05) is 0 Å². The van der Waals surface area contributed by atoms with Crippen LogP contribution in [0.1, 0.15) is 0 Å². The highest BCUT2D eigenvalue weighted by Crippen LogP contribution is 2.32. The summed E-state index contributed by atoms with van der Waals surface area (Å²) in [5, 5.41) is 19.9. The van der Waals surface area contributed by atoms with Gasteiger partial charge in [-0.25, -0.2) is 0 Å². The minimum atomic E-state index is -1.47. The third-order valence-corrected chi connectivity index (χ3v) is 3.82. The van der Waals surface area contributed by atoms with E-state index < -0.39 is 7.12 Å². The molecule has 2 nitrogen and oxygen atoms in total. The second kappa shape index (κ2) is 3.72. The second-order valence-corrected chi connectivity index (χ2v) is 4.69. The van der Waals surface area contributed by atoms with E-state index in [2.05, 4.69) is 0 Å². The molecular weight excluding hydrogens is 242 g/mol. The summed E-state index contributed by atoms with van der Waals surface area (Å²) in [5.41, 5.74) is 0. The maximum absolute atomic E-state index is 8.99. The number of halogens is 2. The molecule has 0 saturated carbocycles. The van der Waals surface area contributed by atoms with Gasteiger partial charge in [-0.3, -0.25) is 0 Å². The highest BCUT2D eigenvalue weighted by molar-refractivity contribution is 7.28. The van der Waals surface area contributed by atoms with Crippen LogP contribution in [-0.4, -0.2) is 17.2 Å². The Labute approximate surface area is 94.8 Å². The maximum atomic E-state index is 8.99. The molecule has 72 valence electrons. The van der Waals surface area contributed by atoms with Crippen LogP contribution in [0.15, 0.2) is 18.2 Å². The molecule has 0 fully saturated rings. The predicted octanol–water partition coefficient (Wildman–Crippen LogP) is 1.89. The lowest BCUT2D eigenvalue weighted by Gasteiger charge is -1.94. The molecule has 0 aliphatic rings. The van der Waals surface area contributed by atoms with Crippen molar-refractivity contribution in [2.24, 2.45) is 0 Å². The number of hydrogen-bond donors (Lipinski definition) is 2. The first-order valence-corrected chi connectivity index (χ1v) is 5.40. The Hall–Kier alpha value is -0.255. The Balaban J connectivity index is 2.75. The van der Waals surface area contributed by atoms with Crippen molar-refractivity contribution < 1.29 is 10.0 Å². The van der Waals surface area contributed by atoms with E-state index in [9.17, 15) is 0 Å². The van der Waals surface area contributed by atoms with Crippen LogP contribution in [0.3, 0.4) is 0 Å². The van der Waals surface area contributed by atoms with Gasteiger partial charge in [0.1, 0.15) is 0 Å². The lowest BCUT2D eigenvalue weighted by atomic mass is 9.89. The number of hydrogen-bond acceptors (Lipinski definition) is 3. The van der Waals surface area contributed by atoms with Crippen molar-refractivity contribution in [1.82, 2.24) is 0 Å². The van der Waals surface area contributed by atoms with Gasteiger partial charge in [0.25, 0.3) is 0 Å². The lowest BCUT2D eigenvalue weighted by molar-refractivity contribution is 0.427. The molecule has 0 radical (unpaired) electrons. The lowest BCUT2D eigenvalue weighted by Crippen LogP contribution is -2.26. The highest BCUT2D eigenvalue weighted by Gasteiger charge is 2.17. The van der Waals surface area contributed by atoms with Gasteiger partial charge in [0, 0.05) is 15.2 Å². The quantitative estimate of drug-likeness (QED) is 0.755. The number of thiophene rings is 1. The highest BCUT2D eigenvalue weighted by atomic mass is 35.5. The Morgan fingerprint density at radius 2 is 1.79 bits per heavy atom. The zero-order chi connectivity index (χ0) is 10.3. The molecule has 0 amide bonds. The Bertz CT molecular complexity index is 444. The van der Waals surface area contributed by atoms with Gasteiger partial charge in [-0.05, 0) is 18.2 Å². The van der Waals surface area contributed by atoms with Gasteiger partial charge in [-0.15, -0.1) is 11.3 Å². The Kier molecular flexibility index (Phi) is 2.73. The molecule has 0 aliphatic carbocycles. The third-order valence-electron chi connectivity index (χ3n) is 1.86. The first-order valence-electron chi connectivity index (χ1n) is 3.83. The number of fused-ring (bicyclic) bond motifs is 1. The van der Waals surface area contributed by atoms with Crippen LogP contribution in [0.5, 0.6) is 0 Å². The Morgan fingerprint density at radius 3 is 2.36 bits per heavy atom. The van der Waals surface area contributed by atoms with Gasteiger partial charge in [0.15, 0.2) is 0 Å². The van der Waals surface area contributed by atoms with Crippen molar-refractivity contribution in [2.45, 2.75) is 0 Å². The van der Waals surface area contributed by atoms with Gasteiger partial charge in [-0.2, -0.15) is 0 Å². The second-order valence-electron chi connectivity index (χ2n) is 2.79. The molecule has 0 unspecified atom stereocenters. The first-order chi connectivity index (χ1) is 6.59. The summed E-state index contributed by atoms with van der Waals surface area (Å²) in [6.45, 7) is 0. The van der Waals surface area contributed by atoms with Gasteiger partial charge in [-0.1, -0.05) is 23.2 Å². The maximum Gasteiger partial charge on any atom is 0.499 e. The average molecular weight is 247 g/mol. The van der Waals surface area contributed by atoms with E-state index in [0.717, 1.165) is 10.1 Å². The van der Waals surface area contributed by atoms with Gasteiger partial charge < -0.3 is 10.0 Å². The smallest absolute Gasteiger partial charge is 0.423 e. The third kappa shape index (κ3) is 1.64. The molecule has 2 rings (SSSR count). The van der Waals surface area contributed by atoms with E-state index >= 15 is 0 Å². The van der Waals surface area contributed by atoms with Crippen molar-refractivity contribution in [1.29, 1.82) is 0 Å². The predicted molar refractivity (Wildman–Crippen MR) is 61.7 cm³/mol. The average Bonchev–Trinajstić information content (AvgIpc) is 2.57. The van der Waals surface area contributed by atoms with Crippen LogP contribution in [-0.2, 0) is 0 Å². The monoisotopic (exact) mass is 246 g/mol. The number of rotatable bonds is 1. The van der Waals surface area contributed by atoms with Crippen LogP contribution in [0.25, 0.3) is 10.1 Å². The first kappa shape index (κ1) is 10.3. The zero-order valence-electron chi connectivity index (χ0n) is 6.87. The van der Waals surface area contributed by atoms with Gasteiger partial charge in [0.05, 0.1) is 9.72 Å². The SMILES string of the molecule is OB(O)c1cc2c(Cl)ccc(Cl)c2s1. The van der Waals surface area contributed by atoms with Crippen LogP contribution in [0.4, 0.5) is 0 Å². The molecule has 0 spiro atoms. The fourth-order valence-corrected chi connectivity index (χ4v) is 2.71. The fourth-order valence-electron chi connectivity index (χ4n) is 1.20. The summed E-state index contributed by atoms with van der Waals surface area (Å²) in [6, 6.07) is 5.02. The van der Waals surface area contributed by atoms with Crippen LogP contribution in [0, 0.1) is 0 Å². The molecule has 0 saturated heterocycles. The van der Waals surface area contributed by atoms with Crippen molar-refractivity contribution in [3.05, 3.63) is 28.2 Å².